The van der Waals surface area contributed by atoms with E-state index in [1.54, 1.807) is 36.5 Å². The van der Waals surface area contributed by atoms with Gasteiger partial charge in [-0.05, 0) is 17.7 Å². The van der Waals surface area contributed by atoms with Crippen LogP contribution >= 0.6 is 0 Å². The van der Waals surface area contributed by atoms with E-state index in [1.807, 2.05) is 0 Å². The van der Waals surface area contributed by atoms with Crippen molar-refractivity contribution in [2.24, 2.45) is 0 Å². The molecule has 2 rings (SSSR count). The first-order chi connectivity index (χ1) is 9.92. The van der Waals surface area contributed by atoms with Crippen molar-refractivity contribution in [3.05, 3.63) is 42.1 Å². The van der Waals surface area contributed by atoms with E-state index in [4.69, 9.17) is 0 Å². The third kappa shape index (κ3) is 3.68. The van der Waals surface area contributed by atoms with Gasteiger partial charge in [0.15, 0.2) is 0 Å². The van der Waals surface area contributed by atoms with E-state index in [0.29, 0.717) is 16.5 Å². The number of aliphatic hydroxyl groups excluding tert-OH is 1. The lowest BCUT2D eigenvalue weighted by molar-refractivity contribution is -0.170. The third-order valence-electron chi connectivity index (χ3n) is 2.93. The number of hydrogen-bond acceptors (Lipinski definition) is 3. The van der Waals surface area contributed by atoms with Crippen LogP contribution in [0.25, 0.3) is 10.9 Å². The van der Waals surface area contributed by atoms with Gasteiger partial charge in [-0.2, -0.15) is 8.78 Å². The molecule has 0 aliphatic rings. The molecule has 1 atom stereocenters. The van der Waals surface area contributed by atoms with Gasteiger partial charge < -0.3 is 9.84 Å². The summed E-state index contributed by atoms with van der Waals surface area (Å²) in [5, 5.41) is 10.6. The second-order valence-electron chi connectivity index (χ2n) is 4.51. The number of alkyl halides is 4. The molecule has 0 bridgehead atoms. The second-order valence-corrected chi connectivity index (χ2v) is 4.51. The molecule has 21 heavy (non-hydrogen) atoms. The van der Waals surface area contributed by atoms with Crippen molar-refractivity contribution >= 4 is 10.9 Å². The van der Waals surface area contributed by atoms with Crippen LogP contribution in [0.3, 0.4) is 0 Å². The van der Waals surface area contributed by atoms with Gasteiger partial charge in [0.05, 0.1) is 12.1 Å². The summed E-state index contributed by atoms with van der Waals surface area (Å²) in [6.07, 6.45) is -3.42. The molecule has 0 aliphatic carbocycles. The maximum atomic E-state index is 12.7. The highest BCUT2D eigenvalue weighted by molar-refractivity contribution is 5.82. The van der Waals surface area contributed by atoms with Gasteiger partial charge in [0.25, 0.3) is 0 Å². The molecule has 0 spiro atoms. The summed E-state index contributed by atoms with van der Waals surface area (Å²) in [7, 11) is 0. The highest BCUT2D eigenvalue weighted by atomic mass is 19.3. The zero-order valence-electron chi connectivity index (χ0n) is 10.8. The standard InChI is InChI=1S/C14H13F4NO2/c15-13(16)14(17,18)8-21-7-12(20)10-3-1-5-11-9(10)4-2-6-19-11/h1-6,12-13,20H,7-8H2. The molecular weight excluding hydrogens is 290 g/mol. The van der Waals surface area contributed by atoms with Gasteiger partial charge in [0.2, 0.25) is 0 Å². The Hall–Kier alpha value is -1.73. The van der Waals surface area contributed by atoms with Crippen LogP contribution in [0.5, 0.6) is 0 Å². The normalized spacial score (nSPS) is 13.8. The molecule has 0 aliphatic heterocycles. The van der Waals surface area contributed by atoms with Crippen molar-refractivity contribution in [3.63, 3.8) is 0 Å². The average Bonchev–Trinajstić information content (AvgIpc) is 2.46. The minimum Gasteiger partial charge on any atom is -0.386 e. The number of aliphatic hydroxyl groups is 1. The molecule has 1 aromatic carbocycles. The van der Waals surface area contributed by atoms with Gasteiger partial charge >= 0.3 is 12.3 Å². The van der Waals surface area contributed by atoms with E-state index in [0.717, 1.165) is 0 Å². The number of nitrogens with zero attached hydrogens (tertiary/aromatic N) is 1. The van der Waals surface area contributed by atoms with E-state index in [9.17, 15) is 22.7 Å². The third-order valence-corrected chi connectivity index (χ3v) is 2.93. The van der Waals surface area contributed by atoms with Crippen molar-refractivity contribution < 1.29 is 27.4 Å². The van der Waals surface area contributed by atoms with Crippen LogP contribution in [0.1, 0.15) is 11.7 Å². The van der Waals surface area contributed by atoms with Crippen molar-refractivity contribution in [2.75, 3.05) is 13.2 Å². The van der Waals surface area contributed by atoms with Crippen LogP contribution in [0, 0.1) is 0 Å². The lowest BCUT2D eigenvalue weighted by Crippen LogP contribution is -2.33. The lowest BCUT2D eigenvalue weighted by atomic mass is 10.0. The Balaban J connectivity index is 2.04. The highest BCUT2D eigenvalue weighted by Gasteiger charge is 2.41. The van der Waals surface area contributed by atoms with Gasteiger partial charge in [-0.3, -0.25) is 4.98 Å². The molecule has 1 unspecified atom stereocenters. The molecule has 7 heteroatoms. The fraction of sp³-hybridized carbons (Fsp3) is 0.357. The van der Waals surface area contributed by atoms with E-state index < -0.39 is 31.7 Å². The van der Waals surface area contributed by atoms with E-state index >= 15 is 0 Å². The predicted molar refractivity (Wildman–Crippen MR) is 68.5 cm³/mol. The molecule has 1 heterocycles. The van der Waals surface area contributed by atoms with E-state index in [-0.39, 0.29) is 0 Å². The molecule has 1 aromatic heterocycles. The average molecular weight is 303 g/mol. The van der Waals surface area contributed by atoms with Crippen LogP contribution < -0.4 is 0 Å². The predicted octanol–water partition coefficient (Wildman–Crippen LogP) is 3.19. The van der Waals surface area contributed by atoms with Crippen LogP contribution in [0.4, 0.5) is 17.6 Å². The lowest BCUT2D eigenvalue weighted by Gasteiger charge is -2.18. The molecule has 3 nitrogen and oxygen atoms in total. The van der Waals surface area contributed by atoms with E-state index in [1.165, 1.54) is 0 Å². The van der Waals surface area contributed by atoms with Crippen molar-refractivity contribution in [2.45, 2.75) is 18.5 Å². The highest BCUT2D eigenvalue weighted by Crippen LogP contribution is 2.26. The molecule has 1 N–H and O–H groups in total. The second kappa shape index (κ2) is 6.36. The molecule has 114 valence electrons. The zero-order chi connectivity index (χ0) is 15.5. The minimum absolute atomic E-state index is 0.445. The summed E-state index contributed by atoms with van der Waals surface area (Å²) in [6.45, 7) is -1.94. The van der Waals surface area contributed by atoms with Crippen molar-refractivity contribution in [1.82, 2.24) is 4.98 Å². The Kier molecular flexibility index (Phi) is 4.74. The van der Waals surface area contributed by atoms with Gasteiger partial charge in [-0.15, -0.1) is 0 Å². The topological polar surface area (TPSA) is 42.4 Å². The first-order valence-corrected chi connectivity index (χ1v) is 6.17. The summed E-state index contributed by atoms with van der Waals surface area (Å²) in [6, 6.07) is 8.38. The number of fused-ring (bicyclic) bond motifs is 1. The molecular formula is C14H13F4NO2. The molecule has 0 saturated carbocycles. The minimum atomic E-state index is -4.22. The summed E-state index contributed by atoms with van der Waals surface area (Å²) >= 11 is 0. The number of pyridine rings is 1. The number of hydrogen-bond donors (Lipinski definition) is 1. The smallest absolute Gasteiger partial charge is 0.330 e. The van der Waals surface area contributed by atoms with Gasteiger partial charge in [0, 0.05) is 11.6 Å². The number of halogens is 4. The number of benzene rings is 1. The summed E-state index contributed by atoms with van der Waals surface area (Å²) in [4.78, 5) is 4.10. The molecule has 2 aromatic rings. The molecule has 0 amide bonds. The monoisotopic (exact) mass is 303 g/mol. The maximum absolute atomic E-state index is 12.7. The Bertz CT molecular complexity index is 601. The van der Waals surface area contributed by atoms with Gasteiger partial charge in [-0.25, -0.2) is 8.78 Å². The quantitative estimate of drug-likeness (QED) is 0.833. The number of aromatic nitrogens is 1. The fourth-order valence-corrected chi connectivity index (χ4v) is 1.88. The Morgan fingerprint density at radius 2 is 1.95 bits per heavy atom. The zero-order valence-corrected chi connectivity index (χ0v) is 10.8. The Morgan fingerprint density at radius 3 is 2.67 bits per heavy atom. The summed E-state index contributed by atoms with van der Waals surface area (Å²) < 4.78 is 53.8. The van der Waals surface area contributed by atoms with Crippen molar-refractivity contribution in [3.8, 4) is 0 Å². The van der Waals surface area contributed by atoms with Gasteiger partial charge in [0.1, 0.15) is 12.7 Å². The summed E-state index contributed by atoms with van der Waals surface area (Å²) in [5.41, 5.74) is 1.08. The van der Waals surface area contributed by atoms with Crippen LogP contribution in [0.2, 0.25) is 0 Å². The largest absolute Gasteiger partial charge is 0.386 e. The summed E-state index contributed by atoms with van der Waals surface area (Å²) in [5.74, 6) is -4.22. The van der Waals surface area contributed by atoms with E-state index in [2.05, 4.69) is 9.72 Å². The SMILES string of the molecule is OC(COCC(F)(F)C(F)F)c1cccc2ncccc12. The molecule has 0 fully saturated rings. The van der Waals surface area contributed by atoms with Crippen LogP contribution in [-0.4, -0.2) is 35.7 Å². The maximum Gasteiger partial charge on any atom is 0.330 e. The van der Waals surface area contributed by atoms with Crippen molar-refractivity contribution in [1.29, 1.82) is 0 Å². The number of ether oxygens (including phenoxy) is 1. The Morgan fingerprint density at radius 1 is 1.19 bits per heavy atom. The first-order valence-electron chi connectivity index (χ1n) is 6.17. The first kappa shape index (κ1) is 15.7. The van der Waals surface area contributed by atoms with Crippen LogP contribution in [-0.2, 0) is 4.74 Å². The molecule has 0 saturated heterocycles. The Labute approximate surface area is 118 Å². The number of rotatable bonds is 6. The van der Waals surface area contributed by atoms with Crippen LogP contribution in [0.15, 0.2) is 36.5 Å². The molecule has 0 radical (unpaired) electrons. The van der Waals surface area contributed by atoms with Gasteiger partial charge in [-0.1, -0.05) is 18.2 Å². The fourth-order valence-electron chi connectivity index (χ4n) is 1.88.